The zero-order valence-corrected chi connectivity index (χ0v) is 16.1. The van der Waals surface area contributed by atoms with Gasteiger partial charge in [-0.15, -0.1) is 0 Å². The summed E-state index contributed by atoms with van der Waals surface area (Å²) in [5.41, 5.74) is 1.11. The number of hydrogen-bond acceptors (Lipinski definition) is 6. The number of nitrogens with zero attached hydrogens (tertiary/aromatic N) is 2. The van der Waals surface area contributed by atoms with E-state index in [1.165, 1.54) is 0 Å². The predicted molar refractivity (Wildman–Crippen MR) is 109 cm³/mol. The fraction of sp³-hybridized carbons (Fsp3) is 0.286. The van der Waals surface area contributed by atoms with Crippen molar-refractivity contribution in [2.75, 3.05) is 33.0 Å². The van der Waals surface area contributed by atoms with E-state index in [2.05, 4.69) is 14.9 Å². The summed E-state index contributed by atoms with van der Waals surface area (Å²) in [6.45, 7) is 3.80. The molecule has 2 aromatic carbocycles. The number of H-pyrrole nitrogens is 2. The SMILES string of the molecule is O=C(c1ccc2[nH]c(=O)c(=O)[nH]c2c1)N1CCN(Cc2ccc3c(c2)OCO3)CC1. The van der Waals surface area contributed by atoms with Crippen molar-refractivity contribution < 1.29 is 14.3 Å². The smallest absolute Gasteiger partial charge is 0.314 e. The highest BCUT2D eigenvalue weighted by Crippen LogP contribution is 2.32. The first-order chi connectivity index (χ1) is 14.6. The zero-order chi connectivity index (χ0) is 20.7. The molecule has 154 valence electrons. The van der Waals surface area contributed by atoms with E-state index in [1.807, 2.05) is 18.2 Å². The van der Waals surface area contributed by atoms with Gasteiger partial charge in [0.1, 0.15) is 0 Å². The van der Waals surface area contributed by atoms with Crippen LogP contribution in [0.2, 0.25) is 0 Å². The van der Waals surface area contributed by atoms with Crippen molar-refractivity contribution in [3.63, 3.8) is 0 Å². The van der Waals surface area contributed by atoms with E-state index in [0.29, 0.717) is 29.7 Å². The molecule has 0 saturated carbocycles. The first kappa shape index (κ1) is 18.4. The Bertz CT molecular complexity index is 1240. The van der Waals surface area contributed by atoms with Crippen molar-refractivity contribution in [1.29, 1.82) is 0 Å². The molecule has 0 unspecified atom stereocenters. The number of hydrogen-bond donors (Lipinski definition) is 2. The maximum Gasteiger partial charge on any atom is 0.314 e. The summed E-state index contributed by atoms with van der Waals surface area (Å²) in [5, 5.41) is 0. The molecule has 3 heterocycles. The van der Waals surface area contributed by atoms with Gasteiger partial charge in [0.2, 0.25) is 6.79 Å². The summed E-state index contributed by atoms with van der Waals surface area (Å²) in [5.74, 6) is 1.46. The molecule has 0 atom stereocenters. The number of fused-ring (bicyclic) bond motifs is 2. The lowest BCUT2D eigenvalue weighted by molar-refractivity contribution is 0.0628. The molecule has 0 bridgehead atoms. The molecule has 0 radical (unpaired) electrons. The summed E-state index contributed by atoms with van der Waals surface area (Å²) in [7, 11) is 0. The maximum absolute atomic E-state index is 12.9. The summed E-state index contributed by atoms with van der Waals surface area (Å²) < 4.78 is 10.8. The Morgan fingerprint density at radius 2 is 1.60 bits per heavy atom. The lowest BCUT2D eigenvalue weighted by atomic mass is 10.1. The molecule has 0 spiro atoms. The van der Waals surface area contributed by atoms with Gasteiger partial charge in [0.05, 0.1) is 11.0 Å². The van der Waals surface area contributed by atoms with Crippen molar-refractivity contribution in [1.82, 2.24) is 19.8 Å². The van der Waals surface area contributed by atoms with Gasteiger partial charge in [-0.3, -0.25) is 19.3 Å². The number of carbonyl (C=O) groups excluding carboxylic acids is 1. The number of benzene rings is 2. The highest BCUT2D eigenvalue weighted by atomic mass is 16.7. The van der Waals surface area contributed by atoms with Crippen LogP contribution >= 0.6 is 0 Å². The molecule has 5 rings (SSSR count). The largest absolute Gasteiger partial charge is 0.454 e. The van der Waals surface area contributed by atoms with Crippen LogP contribution in [-0.2, 0) is 6.54 Å². The minimum absolute atomic E-state index is 0.0910. The molecule has 1 aromatic heterocycles. The maximum atomic E-state index is 12.9. The quantitative estimate of drug-likeness (QED) is 0.624. The highest BCUT2D eigenvalue weighted by Gasteiger charge is 2.23. The number of aromatic nitrogens is 2. The Morgan fingerprint density at radius 3 is 2.40 bits per heavy atom. The molecule has 30 heavy (non-hydrogen) atoms. The predicted octanol–water partition coefficient (Wildman–Crippen LogP) is 0.903. The Labute approximate surface area is 170 Å². The van der Waals surface area contributed by atoms with Crippen LogP contribution in [0.15, 0.2) is 46.0 Å². The van der Waals surface area contributed by atoms with Crippen molar-refractivity contribution in [2.45, 2.75) is 6.54 Å². The van der Waals surface area contributed by atoms with Crippen molar-refractivity contribution in [2.24, 2.45) is 0 Å². The van der Waals surface area contributed by atoms with E-state index >= 15 is 0 Å². The second-order valence-electron chi connectivity index (χ2n) is 7.42. The molecule has 2 N–H and O–H groups in total. The lowest BCUT2D eigenvalue weighted by Crippen LogP contribution is -2.48. The summed E-state index contributed by atoms with van der Waals surface area (Å²) in [4.78, 5) is 45.0. The van der Waals surface area contributed by atoms with Crippen LogP contribution in [0.25, 0.3) is 11.0 Å². The minimum atomic E-state index is -0.732. The van der Waals surface area contributed by atoms with Crippen LogP contribution in [0.3, 0.4) is 0 Å². The van der Waals surface area contributed by atoms with E-state index < -0.39 is 11.1 Å². The van der Waals surface area contributed by atoms with Crippen LogP contribution < -0.4 is 20.6 Å². The number of amides is 1. The van der Waals surface area contributed by atoms with Crippen LogP contribution in [0.4, 0.5) is 0 Å². The molecule has 2 aliphatic rings. The molecule has 1 fully saturated rings. The summed E-state index contributed by atoms with van der Waals surface area (Å²) >= 11 is 0. The fourth-order valence-electron chi connectivity index (χ4n) is 3.84. The van der Waals surface area contributed by atoms with Gasteiger partial charge in [-0.25, -0.2) is 0 Å². The van der Waals surface area contributed by atoms with Crippen molar-refractivity contribution in [3.05, 3.63) is 68.2 Å². The molecule has 1 amide bonds. The number of aromatic amines is 2. The Hall–Kier alpha value is -3.59. The van der Waals surface area contributed by atoms with Gasteiger partial charge >= 0.3 is 11.1 Å². The number of ether oxygens (including phenoxy) is 2. The second kappa shape index (κ2) is 7.34. The number of nitrogens with one attached hydrogen (secondary N) is 2. The lowest BCUT2D eigenvalue weighted by Gasteiger charge is -2.34. The molecular formula is C21H20N4O5. The van der Waals surface area contributed by atoms with E-state index in [1.54, 1.807) is 23.1 Å². The van der Waals surface area contributed by atoms with E-state index in [-0.39, 0.29) is 12.7 Å². The minimum Gasteiger partial charge on any atom is -0.454 e. The first-order valence-electron chi connectivity index (χ1n) is 9.73. The topological polar surface area (TPSA) is 108 Å². The van der Waals surface area contributed by atoms with Crippen LogP contribution in [0.5, 0.6) is 11.5 Å². The van der Waals surface area contributed by atoms with Gasteiger partial charge in [-0.05, 0) is 35.9 Å². The van der Waals surface area contributed by atoms with Crippen molar-refractivity contribution >= 4 is 16.9 Å². The second-order valence-corrected chi connectivity index (χ2v) is 7.42. The molecule has 9 heteroatoms. The molecule has 2 aliphatic heterocycles. The highest BCUT2D eigenvalue weighted by molar-refractivity contribution is 5.97. The first-order valence-corrected chi connectivity index (χ1v) is 9.73. The van der Waals surface area contributed by atoms with Crippen molar-refractivity contribution in [3.8, 4) is 11.5 Å². The molecule has 1 saturated heterocycles. The zero-order valence-electron chi connectivity index (χ0n) is 16.1. The summed E-state index contributed by atoms with van der Waals surface area (Å²) in [6, 6.07) is 10.9. The Balaban J connectivity index is 1.24. The molecular weight excluding hydrogens is 388 g/mol. The monoisotopic (exact) mass is 408 g/mol. The van der Waals surface area contributed by atoms with Crippen LogP contribution in [-0.4, -0.2) is 58.6 Å². The molecule has 9 nitrogen and oxygen atoms in total. The van der Waals surface area contributed by atoms with E-state index in [4.69, 9.17) is 9.47 Å². The average Bonchev–Trinajstić information content (AvgIpc) is 3.22. The third-order valence-electron chi connectivity index (χ3n) is 5.47. The van der Waals surface area contributed by atoms with Gasteiger partial charge in [0, 0.05) is 38.3 Å². The number of carbonyl (C=O) groups is 1. The summed E-state index contributed by atoms with van der Waals surface area (Å²) in [6.07, 6.45) is 0. The molecule has 0 aliphatic carbocycles. The average molecular weight is 408 g/mol. The van der Waals surface area contributed by atoms with E-state index in [9.17, 15) is 14.4 Å². The normalized spacial score (nSPS) is 16.2. The Morgan fingerprint density at radius 1 is 0.867 bits per heavy atom. The van der Waals surface area contributed by atoms with Gasteiger partial charge in [-0.2, -0.15) is 0 Å². The Kier molecular flexibility index (Phi) is 4.51. The fourth-order valence-corrected chi connectivity index (χ4v) is 3.84. The van der Waals surface area contributed by atoms with Gasteiger partial charge < -0.3 is 24.3 Å². The van der Waals surface area contributed by atoms with Crippen LogP contribution in [0.1, 0.15) is 15.9 Å². The standard InChI is InChI=1S/C21H20N4O5/c26-19-20(27)23-16-10-14(2-3-15(16)22-19)21(28)25-7-5-24(6-8-25)11-13-1-4-17-18(9-13)30-12-29-17/h1-4,9-10H,5-8,11-12H2,(H,22,26)(H,23,27). The van der Waals surface area contributed by atoms with Gasteiger partial charge in [0.25, 0.3) is 5.91 Å². The molecule has 3 aromatic rings. The number of rotatable bonds is 3. The third-order valence-corrected chi connectivity index (χ3v) is 5.47. The van der Waals surface area contributed by atoms with Gasteiger partial charge in [-0.1, -0.05) is 6.07 Å². The van der Waals surface area contributed by atoms with Gasteiger partial charge in [0.15, 0.2) is 11.5 Å². The van der Waals surface area contributed by atoms with Crippen LogP contribution in [0, 0.1) is 0 Å². The third kappa shape index (κ3) is 3.43. The van der Waals surface area contributed by atoms with E-state index in [0.717, 1.165) is 36.7 Å². The number of piperazine rings is 1.